The predicted octanol–water partition coefficient (Wildman–Crippen LogP) is 4.77. The molecule has 1 aromatic carbocycles. The zero-order valence-corrected chi connectivity index (χ0v) is 19.1. The Morgan fingerprint density at radius 3 is 2.61 bits per heavy atom. The number of benzene rings is 1. The van der Waals surface area contributed by atoms with Crippen molar-refractivity contribution in [3.63, 3.8) is 0 Å². The van der Waals surface area contributed by atoms with E-state index in [1.165, 1.54) is 50.3 Å². The summed E-state index contributed by atoms with van der Waals surface area (Å²) in [5, 5.41) is 11.8. The van der Waals surface area contributed by atoms with Crippen LogP contribution in [0.5, 0.6) is 5.75 Å². The highest BCUT2D eigenvalue weighted by Gasteiger charge is 2.53. The minimum atomic E-state index is 0.0454. The van der Waals surface area contributed by atoms with Crippen molar-refractivity contribution in [1.29, 1.82) is 0 Å². The maximum Gasteiger partial charge on any atom is 0.277 e. The largest absolute Gasteiger partial charge is 0.484 e. The third-order valence-electron chi connectivity index (χ3n) is 7.51. The Morgan fingerprint density at radius 1 is 1.23 bits per heavy atom. The lowest BCUT2D eigenvalue weighted by Gasteiger charge is -2.59. The summed E-state index contributed by atoms with van der Waals surface area (Å²) >= 11 is 1.28. The summed E-state index contributed by atoms with van der Waals surface area (Å²) in [7, 11) is 0. The van der Waals surface area contributed by atoms with Gasteiger partial charge in [-0.2, -0.15) is 0 Å². The molecule has 7 heteroatoms. The molecule has 31 heavy (non-hydrogen) atoms. The first-order valence-corrected chi connectivity index (χ1v) is 12.4. The quantitative estimate of drug-likeness (QED) is 0.595. The third-order valence-corrected chi connectivity index (χ3v) is 8.33. The maximum absolute atomic E-state index is 12.6. The van der Waals surface area contributed by atoms with Gasteiger partial charge < -0.3 is 14.5 Å². The smallest absolute Gasteiger partial charge is 0.277 e. The Balaban J connectivity index is 1.09. The Morgan fingerprint density at radius 2 is 1.94 bits per heavy atom. The van der Waals surface area contributed by atoms with E-state index < -0.39 is 0 Å². The number of aromatic nitrogens is 2. The van der Waals surface area contributed by atoms with Gasteiger partial charge in [-0.25, -0.2) is 0 Å². The second kappa shape index (κ2) is 8.49. The highest BCUT2D eigenvalue weighted by atomic mass is 32.2. The number of thioether (sulfide) groups is 1. The molecule has 0 unspecified atom stereocenters. The SMILES string of the molecule is Cc1cccc(OCc2nnc(SCC(=O)N[C@@H](C)C34CC5CC(CC(C5)C3)C4)o2)c1. The molecule has 4 fully saturated rings. The fraction of sp³-hybridized carbons (Fsp3) is 0.625. The average Bonchev–Trinajstić information content (AvgIpc) is 3.18. The number of hydrogen-bond donors (Lipinski definition) is 1. The molecule has 166 valence electrons. The van der Waals surface area contributed by atoms with E-state index in [1.807, 2.05) is 31.2 Å². The van der Waals surface area contributed by atoms with Crippen molar-refractivity contribution in [1.82, 2.24) is 15.5 Å². The number of carbonyl (C=O) groups is 1. The van der Waals surface area contributed by atoms with Crippen LogP contribution >= 0.6 is 11.8 Å². The van der Waals surface area contributed by atoms with Gasteiger partial charge in [0.1, 0.15) is 5.75 Å². The molecular formula is C24H31N3O3S. The van der Waals surface area contributed by atoms with E-state index in [2.05, 4.69) is 22.4 Å². The maximum atomic E-state index is 12.6. The number of carbonyl (C=O) groups excluding carboxylic acids is 1. The molecule has 4 bridgehead atoms. The van der Waals surface area contributed by atoms with E-state index >= 15 is 0 Å². The monoisotopic (exact) mass is 441 g/mol. The van der Waals surface area contributed by atoms with Crippen LogP contribution in [-0.4, -0.2) is 27.9 Å². The van der Waals surface area contributed by atoms with Gasteiger partial charge in [-0.15, -0.1) is 10.2 Å². The first kappa shape index (κ1) is 20.9. The van der Waals surface area contributed by atoms with Gasteiger partial charge >= 0.3 is 0 Å². The number of ether oxygens (including phenoxy) is 1. The molecule has 6 nitrogen and oxygen atoms in total. The molecule has 1 N–H and O–H groups in total. The molecule has 4 aliphatic rings. The van der Waals surface area contributed by atoms with Gasteiger partial charge in [0.05, 0.1) is 5.75 Å². The summed E-state index contributed by atoms with van der Waals surface area (Å²) in [5.41, 5.74) is 1.45. The van der Waals surface area contributed by atoms with Gasteiger partial charge in [-0.05, 0) is 93.2 Å². The van der Waals surface area contributed by atoms with Crippen molar-refractivity contribution < 1.29 is 13.9 Å². The molecule has 4 saturated carbocycles. The Bertz CT molecular complexity index is 908. The normalized spacial score (nSPS) is 29.7. The van der Waals surface area contributed by atoms with Crippen molar-refractivity contribution in [2.24, 2.45) is 23.2 Å². The van der Waals surface area contributed by atoms with E-state index in [1.54, 1.807) is 0 Å². The Labute approximate surface area is 187 Å². The van der Waals surface area contributed by atoms with E-state index in [9.17, 15) is 4.79 Å². The number of hydrogen-bond acceptors (Lipinski definition) is 6. The standard InChI is InChI=1S/C24H31N3O3S/c1-15-4-3-5-20(6-15)29-13-22-26-27-23(30-22)31-14-21(28)25-16(2)24-10-17-7-18(11-24)9-19(8-17)12-24/h3-6,16-19H,7-14H2,1-2H3,(H,25,28)/t16-,17?,18?,19?,24?/m0/s1. The van der Waals surface area contributed by atoms with Crippen molar-refractivity contribution in [3.05, 3.63) is 35.7 Å². The Kier molecular flexibility index (Phi) is 5.71. The molecule has 6 rings (SSSR count). The minimum absolute atomic E-state index is 0.0454. The Hall–Kier alpha value is -2.02. The van der Waals surface area contributed by atoms with Gasteiger partial charge in [-0.1, -0.05) is 23.9 Å². The van der Waals surface area contributed by atoms with Crippen molar-refractivity contribution >= 4 is 17.7 Å². The topological polar surface area (TPSA) is 77.2 Å². The number of nitrogens with one attached hydrogen (secondary N) is 1. The van der Waals surface area contributed by atoms with E-state index in [-0.39, 0.29) is 24.3 Å². The fourth-order valence-corrected chi connectivity index (χ4v) is 7.07. The first-order valence-electron chi connectivity index (χ1n) is 11.4. The zero-order chi connectivity index (χ0) is 21.4. The van der Waals surface area contributed by atoms with Gasteiger partial charge in [-0.3, -0.25) is 4.79 Å². The molecule has 1 heterocycles. The van der Waals surface area contributed by atoms with E-state index in [0.29, 0.717) is 16.5 Å². The second-order valence-corrected chi connectivity index (χ2v) is 10.9. The van der Waals surface area contributed by atoms with Crippen LogP contribution in [0.4, 0.5) is 0 Å². The van der Waals surface area contributed by atoms with Gasteiger partial charge in [0.15, 0.2) is 6.61 Å². The molecule has 0 spiro atoms. The van der Waals surface area contributed by atoms with Gasteiger partial charge in [0.25, 0.3) is 11.1 Å². The predicted molar refractivity (Wildman–Crippen MR) is 119 cm³/mol. The summed E-state index contributed by atoms with van der Waals surface area (Å²) in [6, 6.07) is 8.05. The summed E-state index contributed by atoms with van der Waals surface area (Å²) in [6.45, 7) is 4.44. The van der Waals surface area contributed by atoms with Crippen LogP contribution in [0.25, 0.3) is 0 Å². The molecule has 4 aliphatic carbocycles. The number of rotatable bonds is 8. The zero-order valence-electron chi connectivity index (χ0n) is 18.3. The molecular weight excluding hydrogens is 410 g/mol. The summed E-state index contributed by atoms with van der Waals surface area (Å²) in [5.74, 6) is 4.18. The lowest BCUT2D eigenvalue weighted by atomic mass is 9.48. The lowest BCUT2D eigenvalue weighted by molar-refractivity contribution is -0.123. The summed E-state index contributed by atoms with van der Waals surface area (Å²) in [4.78, 5) is 12.6. The van der Waals surface area contributed by atoms with Crippen LogP contribution in [0.1, 0.15) is 56.9 Å². The van der Waals surface area contributed by atoms with Crippen molar-refractivity contribution in [2.45, 2.75) is 70.2 Å². The third kappa shape index (κ3) is 4.61. The van der Waals surface area contributed by atoms with Crippen LogP contribution in [0.3, 0.4) is 0 Å². The molecule has 0 saturated heterocycles. The fourth-order valence-electron chi connectivity index (χ4n) is 6.48. The lowest BCUT2D eigenvalue weighted by Crippen LogP contribution is -2.56. The molecule has 1 aromatic heterocycles. The van der Waals surface area contributed by atoms with Crippen LogP contribution in [0.2, 0.25) is 0 Å². The van der Waals surface area contributed by atoms with Crippen LogP contribution in [-0.2, 0) is 11.4 Å². The molecule has 0 aliphatic heterocycles. The number of nitrogens with zero attached hydrogens (tertiary/aromatic N) is 2. The minimum Gasteiger partial charge on any atom is -0.484 e. The number of amides is 1. The molecule has 0 radical (unpaired) electrons. The van der Waals surface area contributed by atoms with Gasteiger partial charge in [0, 0.05) is 6.04 Å². The molecule has 2 aromatic rings. The summed E-state index contributed by atoms with van der Waals surface area (Å²) in [6.07, 6.45) is 8.14. The van der Waals surface area contributed by atoms with Gasteiger partial charge in [0.2, 0.25) is 5.91 Å². The van der Waals surface area contributed by atoms with E-state index in [4.69, 9.17) is 9.15 Å². The van der Waals surface area contributed by atoms with Crippen molar-refractivity contribution in [3.8, 4) is 5.75 Å². The van der Waals surface area contributed by atoms with Crippen molar-refractivity contribution in [2.75, 3.05) is 5.75 Å². The van der Waals surface area contributed by atoms with Crippen LogP contribution < -0.4 is 10.1 Å². The average molecular weight is 442 g/mol. The second-order valence-electron chi connectivity index (χ2n) is 9.92. The van der Waals surface area contributed by atoms with E-state index in [0.717, 1.165) is 29.1 Å². The molecule has 1 amide bonds. The highest BCUT2D eigenvalue weighted by molar-refractivity contribution is 7.99. The van der Waals surface area contributed by atoms with Crippen LogP contribution in [0.15, 0.2) is 33.9 Å². The molecule has 1 atom stereocenters. The first-order chi connectivity index (χ1) is 15.0. The summed E-state index contributed by atoms with van der Waals surface area (Å²) < 4.78 is 11.3. The number of aryl methyl sites for hydroxylation is 1. The highest BCUT2D eigenvalue weighted by Crippen LogP contribution is 2.61. The van der Waals surface area contributed by atoms with Crippen LogP contribution in [0, 0.1) is 30.1 Å².